The molecule has 138 valence electrons. The Morgan fingerprint density at radius 3 is 2.77 bits per heavy atom. The normalized spacial score (nSPS) is 17.2. The van der Waals surface area contributed by atoms with Crippen LogP contribution in [0.2, 0.25) is 0 Å². The van der Waals surface area contributed by atoms with Gasteiger partial charge in [0.1, 0.15) is 11.5 Å². The number of amides is 2. The van der Waals surface area contributed by atoms with Crippen LogP contribution >= 0.6 is 0 Å². The van der Waals surface area contributed by atoms with E-state index in [9.17, 15) is 14.0 Å². The summed E-state index contributed by atoms with van der Waals surface area (Å²) in [5, 5.41) is 2.80. The van der Waals surface area contributed by atoms with Crippen LogP contribution in [0.4, 0.5) is 4.39 Å². The Balaban J connectivity index is 1.61. The Hall–Kier alpha value is -2.63. The largest absolute Gasteiger partial charge is 0.354 e. The number of nitrogens with one attached hydrogen (secondary N) is 2. The van der Waals surface area contributed by atoms with Crippen molar-refractivity contribution < 1.29 is 14.0 Å². The second-order valence-corrected chi connectivity index (χ2v) is 6.91. The smallest absolute Gasteiger partial charge is 0.270 e. The first-order valence-electron chi connectivity index (χ1n) is 8.92. The molecular weight excluding hydrogens is 333 g/mol. The third kappa shape index (κ3) is 3.95. The molecule has 1 atom stereocenters. The fraction of sp³-hybridized carbons (Fsp3) is 0.400. The lowest BCUT2D eigenvalue weighted by Gasteiger charge is -2.32. The highest BCUT2D eigenvalue weighted by molar-refractivity contribution is 5.94. The first-order valence-corrected chi connectivity index (χ1v) is 8.92. The van der Waals surface area contributed by atoms with E-state index < -0.39 is 0 Å². The van der Waals surface area contributed by atoms with Crippen molar-refractivity contribution in [1.82, 2.24) is 15.2 Å². The monoisotopic (exact) mass is 357 g/mol. The van der Waals surface area contributed by atoms with Gasteiger partial charge in [-0.2, -0.15) is 0 Å². The van der Waals surface area contributed by atoms with Gasteiger partial charge in [0, 0.05) is 30.9 Å². The predicted molar refractivity (Wildman–Crippen MR) is 97.1 cm³/mol. The van der Waals surface area contributed by atoms with Crippen LogP contribution in [0.15, 0.2) is 30.3 Å². The molecule has 0 radical (unpaired) electrons. The number of H-pyrrole nitrogens is 1. The van der Waals surface area contributed by atoms with Gasteiger partial charge in [-0.1, -0.05) is 18.2 Å². The minimum Gasteiger partial charge on any atom is -0.354 e. The number of aromatic nitrogens is 1. The number of halogens is 1. The Kier molecular flexibility index (Phi) is 5.40. The zero-order chi connectivity index (χ0) is 18.7. The quantitative estimate of drug-likeness (QED) is 0.884. The molecule has 5 nitrogen and oxygen atoms in total. The van der Waals surface area contributed by atoms with Crippen molar-refractivity contribution in [3.8, 4) is 0 Å². The van der Waals surface area contributed by atoms with Gasteiger partial charge in [0.25, 0.3) is 5.91 Å². The number of hydrogen-bond acceptors (Lipinski definition) is 2. The number of hydrogen-bond donors (Lipinski definition) is 2. The number of carbonyl (C=O) groups excluding carboxylic acids is 2. The third-order valence-electron chi connectivity index (χ3n) is 4.85. The zero-order valence-electron chi connectivity index (χ0n) is 15.1. The molecule has 2 aromatic rings. The average Bonchev–Trinajstić information content (AvgIpc) is 2.98. The first kappa shape index (κ1) is 18.2. The summed E-state index contributed by atoms with van der Waals surface area (Å²) in [6, 6.07) is 8.34. The lowest BCUT2D eigenvalue weighted by molar-refractivity contribution is -0.126. The van der Waals surface area contributed by atoms with E-state index >= 15 is 0 Å². The number of likely N-dealkylation sites (tertiary alicyclic amines) is 1. The molecule has 0 bridgehead atoms. The Morgan fingerprint density at radius 1 is 1.31 bits per heavy atom. The summed E-state index contributed by atoms with van der Waals surface area (Å²) in [5.74, 6) is -0.797. The van der Waals surface area contributed by atoms with Gasteiger partial charge in [0.15, 0.2) is 0 Å². The van der Waals surface area contributed by atoms with Crippen molar-refractivity contribution >= 4 is 11.8 Å². The molecule has 0 spiro atoms. The summed E-state index contributed by atoms with van der Waals surface area (Å²) < 4.78 is 13.7. The number of aryl methyl sites for hydroxylation is 2. The molecule has 3 rings (SSSR count). The van der Waals surface area contributed by atoms with E-state index in [2.05, 4.69) is 10.3 Å². The van der Waals surface area contributed by atoms with E-state index in [0.29, 0.717) is 24.3 Å². The van der Waals surface area contributed by atoms with Gasteiger partial charge < -0.3 is 15.2 Å². The summed E-state index contributed by atoms with van der Waals surface area (Å²) in [7, 11) is 0. The molecule has 26 heavy (non-hydrogen) atoms. The maximum absolute atomic E-state index is 13.7. The minimum atomic E-state index is -0.328. The van der Waals surface area contributed by atoms with Crippen molar-refractivity contribution in [3.05, 3.63) is 58.7 Å². The van der Waals surface area contributed by atoms with Gasteiger partial charge in [-0.15, -0.1) is 0 Å². The molecule has 0 aliphatic carbocycles. The van der Waals surface area contributed by atoms with Crippen LogP contribution in [-0.2, 0) is 11.3 Å². The zero-order valence-corrected chi connectivity index (χ0v) is 15.1. The van der Waals surface area contributed by atoms with Gasteiger partial charge in [0.2, 0.25) is 5.91 Å². The molecule has 2 heterocycles. The molecule has 1 saturated heterocycles. The van der Waals surface area contributed by atoms with E-state index in [1.54, 1.807) is 23.1 Å². The molecule has 0 saturated carbocycles. The van der Waals surface area contributed by atoms with Crippen molar-refractivity contribution in [2.24, 2.45) is 5.92 Å². The molecule has 6 heteroatoms. The topological polar surface area (TPSA) is 65.2 Å². The minimum absolute atomic E-state index is 0.0674. The van der Waals surface area contributed by atoms with Gasteiger partial charge in [-0.05, 0) is 44.4 Å². The highest BCUT2D eigenvalue weighted by Crippen LogP contribution is 2.20. The fourth-order valence-corrected chi connectivity index (χ4v) is 3.45. The molecule has 1 aliphatic heterocycles. The number of benzene rings is 1. The fourth-order valence-electron chi connectivity index (χ4n) is 3.45. The van der Waals surface area contributed by atoms with Crippen molar-refractivity contribution in [1.29, 1.82) is 0 Å². The number of rotatable bonds is 4. The van der Waals surface area contributed by atoms with E-state index in [1.807, 2.05) is 19.9 Å². The highest BCUT2D eigenvalue weighted by Gasteiger charge is 2.30. The first-order chi connectivity index (χ1) is 12.5. The maximum atomic E-state index is 13.7. The number of carbonyl (C=O) groups is 2. The van der Waals surface area contributed by atoms with Crippen molar-refractivity contribution in [3.63, 3.8) is 0 Å². The Bertz CT molecular complexity index is 815. The average molecular weight is 357 g/mol. The van der Waals surface area contributed by atoms with Crippen molar-refractivity contribution in [2.75, 3.05) is 13.1 Å². The van der Waals surface area contributed by atoms with Crippen LogP contribution in [0.3, 0.4) is 0 Å². The van der Waals surface area contributed by atoms with E-state index in [1.165, 1.54) is 6.07 Å². The number of aromatic amines is 1. The summed E-state index contributed by atoms with van der Waals surface area (Å²) in [6.07, 6.45) is 1.51. The second kappa shape index (κ2) is 7.72. The number of piperidine rings is 1. The van der Waals surface area contributed by atoms with Crippen LogP contribution in [0, 0.1) is 25.6 Å². The molecule has 2 amide bonds. The third-order valence-corrected chi connectivity index (χ3v) is 4.85. The Labute approximate surface area is 152 Å². The van der Waals surface area contributed by atoms with Crippen LogP contribution in [0.1, 0.15) is 40.2 Å². The predicted octanol–water partition coefficient (Wildman–Crippen LogP) is 2.94. The second-order valence-electron chi connectivity index (χ2n) is 6.91. The van der Waals surface area contributed by atoms with E-state index in [0.717, 1.165) is 24.1 Å². The van der Waals surface area contributed by atoms with Crippen molar-refractivity contribution in [2.45, 2.75) is 33.2 Å². The molecule has 1 aromatic heterocycles. The van der Waals surface area contributed by atoms with Gasteiger partial charge >= 0.3 is 0 Å². The summed E-state index contributed by atoms with van der Waals surface area (Å²) in [4.78, 5) is 30.1. The van der Waals surface area contributed by atoms with Gasteiger partial charge in [0.05, 0.1) is 5.92 Å². The summed E-state index contributed by atoms with van der Waals surface area (Å²) in [5.41, 5.74) is 2.91. The SMILES string of the molecule is Cc1cc(C)c(C(=O)N2CCCC(C(=O)NCc3ccccc3F)C2)[nH]1. The summed E-state index contributed by atoms with van der Waals surface area (Å²) >= 11 is 0. The highest BCUT2D eigenvalue weighted by atomic mass is 19.1. The molecule has 2 N–H and O–H groups in total. The molecule has 1 fully saturated rings. The molecule has 1 aliphatic rings. The van der Waals surface area contributed by atoms with Gasteiger partial charge in [-0.25, -0.2) is 4.39 Å². The lowest BCUT2D eigenvalue weighted by atomic mass is 9.96. The van der Waals surface area contributed by atoms with Gasteiger partial charge in [-0.3, -0.25) is 9.59 Å². The summed E-state index contributed by atoms with van der Waals surface area (Å²) in [6.45, 7) is 5.01. The number of nitrogens with zero attached hydrogens (tertiary/aromatic N) is 1. The standard InChI is InChI=1S/C20H24FN3O2/c1-13-10-14(2)23-18(13)20(26)24-9-5-7-16(12-24)19(25)22-11-15-6-3-4-8-17(15)21/h3-4,6,8,10,16,23H,5,7,9,11-12H2,1-2H3,(H,22,25). The Morgan fingerprint density at radius 2 is 2.08 bits per heavy atom. The van der Waals surface area contributed by atoms with Crippen LogP contribution < -0.4 is 5.32 Å². The van der Waals surface area contributed by atoms with Crippen LogP contribution in [-0.4, -0.2) is 34.8 Å². The molecule has 1 unspecified atom stereocenters. The lowest BCUT2D eigenvalue weighted by Crippen LogP contribution is -2.45. The van der Waals surface area contributed by atoms with E-state index in [4.69, 9.17) is 0 Å². The van der Waals surface area contributed by atoms with Crippen LogP contribution in [0.25, 0.3) is 0 Å². The molecular formula is C20H24FN3O2. The van der Waals surface area contributed by atoms with Crippen LogP contribution in [0.5, 0.6) is 0 Å². The van der Waals surface area contributed by atoms with E-state index in [-0.39, 0.29) is 30.1 Å². The molecule has 1 aromatic carbocycles. The maximum Gasteiger partial charge on any atom is 0.270 e.